The second kappa shape index (κ2) is 5.67. The zero-order chi connectivity index (χ0) is 13.9. The van der Waals surface area contributed by atoms with Crippen molar-refractivity contribution in [1.29, 1.82) is 0 Å². The lowest BCUT2D eigenvalue weighted by molar-refractivity contribution is 0.0379. The minimum absolute atomic E-state index is 0.0923. The number of rotatable bonds is 4. The Morgan fingerprint density at radius 2 is 2.16 bits per heavy atom. The molecule has 19 heavy (non-hydrogen) atoms. The maximum atomic E-state index is 11.9. The third kappa shape index (κ3) is 4.35. The van der Waals surface area contributed by atoms with Crippen LogP contribution in [0.15, 0.2) is 0 Å². The van der Waals surface area contributed by atoms with E-state index in [0.717, 1.165) is 32.5 Å². The first kappa shape index (κ1) is 14.6. The molecule has 1 heterocycles. The Bertz CT molecular complexity index is 315. The molecule has 2 aliphatic rings. The molecule has 1 unspecified atom stereocenters. The van der Waals surface area contributed by atoms with E-state index in [1.807, 2.05) is 20.8 Å². The number of amides is 1. The summed E-state index contributed by atoms with van der Waals surface area (Å²) in [5.41, 5.74) is -0.525. The van der Waals surface area contributed by atoms with Gasteiger partial charge in [0.15, 0.2) is 0 Å². The van der Waals surface area contributed by atoms with Gasteiger partial charge in [0.2, 0.25) is 0 Å². The van der Waals surface area contributed by atoms with Crippen molar-refractivity contribution in [3.63, 3.8) is 0 Å². The third-order valence-corrected chi connectivity index (χ3v) is 3.87. The molecule has 1 saturated heterocycles. The highest BCUT2D eigenvalue weighted by Crippen LogP contribution is 2.31. The summed E-state index contributed by atoms with van der Waals surface area (Å²) in [5, 5.41) is 9.97. The van der Waals surface area contributed by atoms with Gasteiger partial charge in [-0.05, 0) is 53.0 Å². The fourth-order valence-corrected chi connectivity index (χ4v) is 2.64. The SMILES string of the molecule is CC(C)(C)OC(=O)NC1(CNC2CCNC2)CCC1. The molecule has 5 nitrogen and oxygen atoms in total. The number of carbonyl (C=O) groups excluding carboxylic acids is 1. The molecule has 2 rings (SSSR count). The van der Waals surface area contributed by atoms with Crippen molar-refractivity contribution in [3.05, 3.63) is 0 Å². The van der Waals surface area contributed by atoms with E-state index in [1.165, 1.54) is 12.8 Å². The summed E-state index contributed by atoms with van der Waals surface area (Å²) in [6.45, 7) is 8.64. The van der Waals surface area contributed by atoms with E-state index >= 15 is 0 Å². The normalized spacial score (nSPS) is 25.7. The highest BCUT2D eigenvalue weighted by molar-refractivity contribution is 5.69. The van der Waals surface area contributed by atoms with Gasteiger partial charge in [-0.2, -0.15) is 0 Å². The predicted octanol–water partition coefficient (Wildman–Crippen LogP) is 1.39. The van der Waals surface area contributed by atoms with Crippen LogP contribution in [-0.2, 0) is 4.74 Å². The topological polar surface area (TPSA) is 62.4 Å². The molecule has 0 radical (unpaired) electrons. The summed E-state index contributed by atoms with van der Waals surface area (Å²) in [6.07, 6.45) is 4.14. The predicted molar refractivity (Wildman–Crippen MR) is 75.2 cm³/mol. The Labute approximate surface area is 115 Å². The van der Waals surface area contributed by atoms with Gasteiger partial charge in [-0.25, -0.2) is 4.79 Å². The average Bonchev–Trinajstić information content (AvgIpc) is 2.71. The summed E-state index contributed by atoms with van der Waals surface area (Å²) in [4.78, 5) is 11.9. The van der Waals surface area contributed by atoms with Crippen molar-refractivity contribution in [1.82, 2.24) is 16.0 Å². The standard InChI is InChI=1S/C14H27N3O2/c1-13(2,3)19-12(18)17-14(6-4-7-14)10-16-11-5-8-15-9-11/h11,15-16H,4-10H2,1-3H3,(H,17,18). The van der Waals surface area contributed by atoms with Crippen molar-refractivity contribution in [3.8, 4) is 0 Å². The molecule has 1 amide bonds. The lowest BCUT2D eigenvalue weighted by Crippen LogP contribution is -2.61. The minimum atomic E-state index is -0.433. The van der Waals surface area contributed by atoms with Gasteiger partial charge in [-0.15, -0.1) is 0 Å². The Hall–Kier alpha value is -0.810. The maximum absolute atomic E-state index is 11.9. The summed E-state index contributed by atoms with van der Waals surface area (Å²) in [7, 11) is 0. The van der Waals surface area contributed by atoms with Crippen LogP contribution in [0.4, 0.5) is 4.79 Å². The smallest absolute Gasteiger partial charge is 0.408 e. The molecule has 110 valence electrons. The van der Waals surface area contributed by atoms with E-state index in [0.29, 0.717) is 6.04 Å². The monoisotopic (exact) mass is 269 g/mol. The number of carbonyl (C=O) groups is 1. The first-order valence-corrected chi connectivity index (χ1v) is 7.34. The van der Waals surface area contributed by atoms with E-state index in [4.69, 9.17) is 4.74 Å². The first-order chi connectivity index (χ1) is 8.89. The van der Waals surface area contributed by atoms with Crippen LogP contribution in [0, 0.1) is 0 Å². The Kier molecular flexibility index (Phi) is 4.36. The van der Waals surface area contributed by atoms with Gasteiger partial charge in [-0.3, -0.25) is 0 Å². The number of ether oxygens (including phenoxy) is 1. The van der Waals surface area contributed by atoms with Crippen molar-refractivity contribution in [2.75, 3.05) is 19.6 Å². The lowest BCUT2D eigenvalue weighted by Gasteiger charge is -2.43. The molecule has 0 aromatic carbocycles. The number of alkyl carbamates (subject to hydrolysis) is 1. The number of hydrogen-bond acceptors (Lipinski definition) is 4. The molecule has 2 fully saturated rings. The van der Waals surface area contributed by atoms with Gasteiger partial charge in [-0.1, -0.05) is 0 Å². The summed E-state index contributed by atoms with van der Waals surface area (Å²) in [6, 6.07) is 0.540. The van der Waals surface area contributed by atoms with Gasteiger partial charge in [0.25, 0.3) is 0 Å². The third-order valence-electron chi connectivity index (χ3n) is 3.87. The second-order valence-corrected chi connectivity index (χ2v) is 6.83. The van der Waals surface area contributed by atoms with Crippen LogP contribution in [-0.4, -0.2) is 42.9 Å². The Morgan fingerprint density at radius 1 is 1.42 bits per heavy atom. The number of nitrogens with one attached hydrogen (secondary N) is 3. The number of hydrogen-bond donors (Lipinski definition) is 3. The van der Waals surface area contributed by atoms with Crippen LogP contribution >= 0.6 is 0 Å². The van der Waals surface area contributed by atoms with Crippen LogP contribution in [0.3, 0.4) is 0 Å². The van der Waals surface area contributed by atoms with Crippen LogP contribution in [0.2, 0.25) is 0 Å². The summed E-state index contributed by atoms with van der Waals surface area (Å²) in [5.74, 6) is 0. The first-order valence-electron chi connectivity index (χ1n) is 7.34. The zero-order valence-corrected chi connectivity index (χ0v) is 12.3. The minimum Gasteiger partial charge on any atom is -0.444 e. The zero-order valence-electron chi connectivity index (χ0n) is 12.3. The molecule has 0 spiro atoms. The largest absolute Gasteiger partial charge is 0.444 e. The quantitative estimate of drug-likeness (QED) is 0.721. The molecule has 5 heteroatoms. The summed E-state index contributed by atoms with van der Waals surface area (Å²) < 4.78 is 5.35. The molecule has 1 aliphatic heterocycles. The molecule has 1 saturated carbocycles. The van der Waals surface area contributed by atoms with E-state index in [9.17, 15) is 4.79 Å². The van der Waals surface area contributed by atoms with E-state index in [-0.39, 0.29) is 11.6 Å². The van der Waals surface area contributed by atoms with Crippen LogP contribution in [0.5, 0.6) is 0 Å². The Morgan fingerprint density at radius 3 is 2.63 bits per heavy atom. The van der Waals surface area contributed by atoms with Crippen LogP contribution in [0.1, 0.15) is 46.5 Å². The molecule has 1 atom stereocenters. The fourth-order valence-electron chi connectivity index (χ4n) is 2.64. The molecule has 1 aliphatic carbocycles. The van der Waals surface area contributed by atoms with Gasteiger partial charge in [0.05, 0.1) is 5.54 Å². The highest BCUT2D eigenvalue weighted by atomic mass is 16.6. The van der Waals surface area contributed by atoms with Gasteiger partial charge in [0.1, 0.15) is 5.60 Å². The molecule has 0 aromatic heterocycles. The van der Waals surface area contributed by atoms with E-state index in [1.54, 1.807) is 0 Å². The van der Waals surface area contributed by atoms with Crippen LogP contribution in [0.25, 0.3) is 0 Å². The van der Waals surface area contributed by atoms with Crippen molar-refractivity contribution in [2.45, 2.75) is 63.6 Å². The van der Waals surface area contributed by atoms with Crippen molar-refractivity contribution in [2.24, 2.45) is 0 Å². The second-order valence-electron chi connectivity index (χ2n) is 6.83. The van der Waals surface area contributed by atoms with Crippen molar-refractivity contribution >= 4 is 6.09 Å². The molecule has 3 N–H and O–H groups in total. The van der Waals surface area contributed by atoms with E-state index in [2.05, 4.69) is 16.0 Å². The van der Waals surface area contributed by atoms with Crippen LogP contribution < -0.4 is 16.0 Å². The average molecular weight is 269 g/mol. The summed E-state index contributed by atoms with van der Waals surface area (Å²) >= 11 is 0. The van der Waals surface area contributed by atoms with E-state index < -0.39 is 5.60 Å². The van der Waals surface area contributed by atoms with Crippen molar-refractivity contribution < 1.29 is 9.53 Å². The lowest BCUT2D eigenvalue weighted by atomic mass is 9.76. The van der Waals surface area contributed by atoms with Gasteiger partial charge < -0.3 is 20.7 Å². The van der Waals surface area contributed by atoms with Gasteiger partial charge >= 0.3 is 6.09 Å². The highest BCUT2D eigenvalue weighted by Gasteiger charge is 2.39. The fraction of sp³-hybridized carbons (Fsp3) is 0.929. The molecule has 0 bridgehead atoms. The van der Waals surface area contributed by atoms with Gasteiger partial charge in [0, 0.05) is 19.1 Å². The molecule has 0 aromatic rings. The molecular formula is C14H27N3O2. The Balaban J connectivity index is 1.79. The maximum Gasteiger partial charge on any atom is 0.408 e. The molecular weight excluding hydrogens is 242 g/mol.